The van der Waals surface area contributed by atoms with Gasteiger partial charge in [0.25, 0.3) is 0 Å². The van der Waals surface area contributed by atoms with Gasteiger partial charge >= 0.3 is 0 Å². The second kappa shape index (κ2) is 6.50. The normalized spacial score (nSPS) is 12.0. The Morgan fingerprint density at radius 1 is 1.41 bits per heavy atom. The number of anilines is 1. The summed E-state index contributed by atoms with van der Waals surface area (Å²) in [4.78, 5) is 16.3. The smallest absolute Gasteiger partial charge is 0.241 e. The summed E-state index contributed by atoms with van der Waals surface area (Å²) in [5.74, 6) is 0.463. The van der Waals surface area contributed by atoms with E-state index in [0.29, 0.717) is 17.9 Å². The van der Waals surface area contributed by atoms with E-state index in [2.05, 4.69) is 15.4 Å². The molecule has 0 saturated carbocycles. The molecular formula is C15H15N5OS. The Morgan fingerprint density at radius 3 is 2.95 bits per heavy atom. The van der Waals surface area contributed by atoms with E-state index in [4.69, 9.17) is 5.73 Å². The predicted octanol–water partition coefficient (Wildman–Crippen LogP) is 1.84. The lowest BCUT2D eigenvalue weighted by Crippen LogP contribution is -2.37. The first-order valence-corrected chi connectivity index (χ1v) is 7.70. The van der Waals surface area contributed by atoms with Gasteiger partial charge in [0.2, 0.25) is 5.91 Å². The van der Waals surface area contributed by atoms with E-state index in [-0.39, 0.29) is 5.91 Å². The van der Waals surface area contributed by atoms with E-state index < -0.39 is 6.04 Å². The van der Waals surface area contributed by atoms with Crippen LogP contribution in [-0.4, -0.2) is 26.7 Å². The van der Waals surface area contributed by atoms with Gasteiger partial charge in [0.15, 0.2) is 5.82 Å². The molecule has 3 N–H and O–H groups in total. The maximum Gasteiger partial charge on any atom is 0.241 e. The van der Waals surface area contributed by atoms with Crippen LogP contribution in [0.5, 0.6) is 0 Å². The molecule has 1 atom stereocenters. The Labute approximate surface area is 131 Å². The van der Waals surface area contributed by atoms with E-state index in [0.717, 1.165) is 5.56 Å². The molecule has 0 aliphatic heterocycles. The van der Waals surface area contributed by atoms with Crippen molar-refractivity contribution in [3.05, 3.63) is 59.2 Å². The standard InChI is InChI=1S/C15H15N5OS/c16-13(8-11-4-7-22-10-11)15(21)19-12-2-3-14(17-9-12)20-6-1-5-18-20/h1-7,9-10,13H,8,16H2,(H,19,21). The Bertz CT molecular complexity index is 722. The number of amides is 1. The number of hydrogen-bond acceptors (Lipinski definition) is 5. The Kier molecular flexibility index (Phi) is 4.27. The maximum atomic E-state index is 12.1. The second-order valence-corrected chi connectivity index (χ2v) is 5.57. The number of hydrogen-bond donors (Lipinski definition) is 2. The molecule has 0 aromatic carbocycles. The first-order valence-electron chi connectivity index (χ1n) is 6.76. The van der Waals surface area contributed by atoms with Crippen molar-refractivity contribution in [2.24, 2.45) is 5.73 Å². The third-order valence-corrected chi connectivity index (χ3v) is 3.86. The average Bonchev–Trinajstić information content (AvgIpc) is 3.21. The minimum absolute atomic E-state index is 0.222. The molecule has 3 rings (SSSR count). The first kappa shape index (κ1) is 14.4. The molecule has 3 aromatic heterocycles. The summed E-state index contributed by atoms with van der Waals surface area (Å²) in [7, 11) is 0. The molecule has 0 radical (unpaired) electrons. The molecule has 3 heterocycles. The number of carbonyl (C=O) groups is 1. The highest BCUT2D eigenvalue weighted by Gasteiger charge is 2.14. The SMILES string of the molecule is NC(Cc1ccsc1)C(=O)Nc1ccc(-n2cccn2)nc1. The fourth-order valence-corrected chi connectivity index (χ4v) is 2.67. The summed E-state index contributed by atoms with van der Waals surface area (Å²) in [6, 6.07) is 6.77. The van der Waals surface area contributed by atoms with Crippen molar-refractivity contribution in [1.29, 1.82) is 0 Å². The fourth-order valence-electron chi connectivity index (χ4n) is 1.99. The minimum atomic E-state index is -0.583. The largest absolute Gasteiger partial charge is 0.323 e. The second-order valence-electron chi connectivity index (χ2n) is 4.79. The van der Waals surface area contributed by atoms with Crippen molar-refractivity contribution in [3.63, 3.8) is 0 Å². The van der Waals surface area contributed by atoms with Gasteiger partial charge in [0.05, 0.1) is 17.9 Å². The number of pyridine rings is 1. The summed E-state index contributed by atoms with van der Waals surface area (Å²) in [6.07, 6.45) is 5.60. The molecule has 1 unspecified atom stereocenters. The summed E-state index contributed by atoms with van der Waals surface area (Å²) >= 11 is 1.59. The van der Waals surface area contributed by atoms with Crippen LogP contribution in [0.1, 0.15) is 5.56 Å². The van der Waals surface area contributed by atoms with Crippen LogP contribution in [0.2, 0.25) is 0 Å². The molecule has 0 fully saturated rings. The van der Waals surface area contributed by atoms with Crippen LogP contribution < -0.4 is 11.1 Å². The number of nitrogens with zero attached hydrogens (tertiary/aromatic N) is 3. The number of aromatic nitrogens is 3. The molecule has 0 aliphatic rings. The van der Waals surface area contributed by atoms with Crippen molar-refractivity contribution in [2.75, 3.05) is 5.32 Å². The highest BCUT2D eigenvalue weighted by atomic mass is 32.1. The van der Waals surface area contributed by atoms with Gasteiger partial charge in [-0.15, -0.1) is 0 Å². The molecule has 0 saturated heterocycles. The van der Waals surface area contributed by atoms with Crippen LogP contribution in [0, 0.1) is 0 Å². The van der Waals surface area contributed by atoms with Crippen molar-refractivity contribution >= 4 is 22.9 Å². The minimum Gasteiger partial charge on any atom is -0.323 e. The Hall–Kier alpha value is -2.51. The fraction of sp³-hybridized carbons (Fsp3) is 0.133. The number of nitrogens with one attached hydrogen (secondary N) is 1. The topological polar surface area (TPSA) is 85.8 Å². The summed E-state index contributed by atoms with van der Waals surface area (Å²) in [6.45, 7) is 0. The van der Waals surface area contributed by atoms with Gasteiger partial charge in [-0.25, -0.2) is 9.67 Å². The predicted molar refractivity (Wildman–Crippen MR) is 86.0 cm³/mol. The Balaban J connectivity index is 1.61. The van der Waals surface area contributed by atoms with Gasteiger partial charge in [0, 0.05) is 12.4 Å². The van der Waals surface area contributed by atoms with Gasteiger partial charge < -0.3 is 11.1 Å². The molecular weight excluding hydrogens is 298 g/mol. The number of thiophene rings is 1. The summed E-state index contributed by atoms with van der Waals surface area (Å²) < 4.78 is 1.65. The van der Waals surface area contributed by atoms with Gasteiger partial charge in [-0.1, -0.05) is 0 Å². The van der Waals surface area contributed by atoms with Crippen molar-refractivity contribution in [2.45, 2.75) is 12.5 Å². The zero-order valence-electron chi connectivity index (χ0n) is 11.7. The van der Waals surface area contributed by atoms with E-state index in [9.17, 15) is 4.79 Å². The molecule has 22 heavy (non-hydrogen) atoms. The zero-order chi connectivity index (χ0) is 15.4. The van der Waals surface area contributed by atoms with Crippen LogP contribution in [0.3, 0.4) is 0 Å². The van der Waals surface area contributed by atoms with Crippen LogP contribution in [-0.2, 0) is 11.2 Å². The van der Waals surface area contributed by atoms with Gasteiger partial charge in [-0.2, -0.15) is 16.4 Å². The summed E-state index contributed by atoms with van der Waals surface area (Å²) in [5, 5.41) is 10.8. The van der Waals surface area contributed by atoms with Crippen LogP contribution in [0.4, 0.5) is 5.69 Å². The molecule has 3 aromatic rings. The number of carbonyl (C=O) groups excluding carboxylic acids is 1. The third kappa shape index (κ3) is 3.38. The maximum absolute atomic E-state index is 12.1. The average molecular weight is 313 g/mol. The van der Waals surface area contributed by atoms with E-state index in [1.807, 2.05) is 22.9 Å². The highest BCUT2D eigenvalue weighted by molar-refractivity contribution is 7.07. The zero-order valence-corrected chi connectivity index (χ0v) is 12.5. The number of nitrogens with two attached hydrogens (primary N) is 1. The molecule has 0 aliphatic carbocycles. The van der Waals surface area contributed by atoms with Gasteiger partial charge in [-0.3, -0.25) is 4.79 Å². The summed E-state index contributed by atoms with van der Waals surface area (Å²) in [5.41, 5.74) is 7.60. The van der Waals surface area contributed by atoms with Crippen molar-refractivity contribution < 1.29 is 4.79 Å². The Morgan fingerprint density at radius 2 is 2.32 bits per heavy atom. The van der Waals surface area contributed by atoms with E-state index in [1.54, 1.807) is 46.7 Å². The molecule has 0 bridgehead atoms. The lowest BCUT2D eigenvalue weighted by Gasteiger charge is -2.11. The highest BCUT2D eigenvalue weighted by Crippen LogP contribution is 2.11. The molecule has 0 spiro atoms. The van der Waals surface area contributed by atoms with Crippen molar-refractivity contribution in [1.82, 2.24) is 14.8 Å². The first-order chi connectivity index (χ1) is 10.7. The molecule has 6 nitrogen and oxygen atoms in total. The van der Waals surface area contributed by atoms with Gasteiger partial charge in [0.1, 0.15) is 0 Å². The third-order valence-electron chi connectivity index (χ3n) is 3.13. The van der Waals surface area contributed by atoms with Crippen LogP contribution >= 0.6 is 11.3 Å². The monoisotopic (exact) mass is 313 g/mol. The lowest BCUT2D eigenvalue weighted by atomic mass is 10.1. The van der Waals surface area contributed by atoms with Crippen molar-refractivity contribution in [3.8, 4) is 5.82 Å². The molecule has 112 valence electrons. The van der Waals surface area contributed by atoms with Crippen LogP contribution in [0.15, 0.2) is 53.6 Å². The van der Waals surface area contributed by atoms with Crippen LogP contribution in [0.25, 0.3) is 5.82 Å². The van der Waals surface area contributed by atoms with E-state index in [1.165, 1.54) is 0 Å². The van der Waals surface area contributed by atoms with E-state index >= 15 is 0 Å². The van der Waals surface area contributed by atoms with Gasteiger partial charge in [-0.05, 0) is 47.0 Å². The molecule has 1 amide bonds. The molecule has 7 heteroatoms. The lowest BCUT2D eigenvalue weighted by molar-refractivity contribution is -0.117. The quantitative estimate of drug-likeness (QED) is 0.752. The number of rotatable bonds is 5.